The summed E-state index contributed by atoms with van der Waals surface area (Å²) in [5, 5.41) is 6.10. The van der Waals surface area contributed by atoms with Crippen LogP contribution in [0.4, 0.5) is 4.39 Å². The van der Waals surface area contributed by atoms with Gasteiger partial charge < -0.3 is 10.6 Å². The van der Waals surface area contributed by atoms with Crippen molar-refractivity contribution in [3.63, 3.8) is 0 Å². The van der Waals surface area contributed by atoms with Crippen molar-refractivity contribution in [1.29, 1.82) is 0 Å². The zero-order chi connectivity index (χ0) is 21.0. The van der Waals surface area contributed by atoms with E-state index in [9.17, 15) is 4.39 Å². The second kappa shape index (κ2) is 17.0. The molecule has 0 saturated heterocycles. The summed E-state index contributed by atoms with van der Waals surface area (Å²) in [5.74, 6) is 0.576. The lowest BCUT2D eigenvalue weighted by Gasteiger charge is -2.06. The Hall–Kier alpha value is -3.14. The van der Waals surface area contributed by atoms with Gasteiger partial charge in [-0.25, -0.2) is 4.39 Å². The Balaban J connectivity index is 0.000000234. The van der Waals surface area contributed by atoms with Gasteiger partial charge in [-0.05, 0) is 12.5 Å². The van der Waals surface area contributed by atoms with Gasteiger partial charge in [-0.1, -0.05) is 105 Å². The second-order valence-electron chi connectivity index (χ2n) is 5.73. The smallest absolute Gasteiger partial charge is 0.191 e. The Labute approximate surface area is 174 Å². The molecule has 0 bridgehead atoms. The van der Waals surface area contributed by atoms with Gasteiger partial charge in [-0.3, -0.25) is 4.99 Å². The molecule has 0 spiro atoms. The van der Waals surface area contributed by atoms with Gasteiger partial charge in [-0.2, -0.15) is 0 Å². The molecule has 0 unspecified atom stereocenters. The van der Waals surface area contributed by atoms with E-state index in [1.54, 1.807) is 12.1 Å². The highest BCUT2D eigenvalue weighted by atomic mass is 19.1. The summed E-state index contributed by atoms with van der Waals surface area (Å²) < 4.78 is 13.2. The molecule has 4 heteroatoms. The largest absolute Gasteiger partial charge is 0.355 e. The SMILES string of the molecule is C1=CC=CCC=C1.CC.Fc1ccccc1CNC1=NCCN1.c1ccccc1. The third kappa shape index (κ3) is 12.0. The van der Waals surface area contributed by atoms with E-state index in [1.165, 1.54) is 6.07 Å². The minimum Gasteiger partial charge on any atom is -0.355 e. The van der Waals surface area contributed by atoms with Crippen molar-refractivity contribution in [3.8, 4) is 0 Å². The number of hydrogen-bond donors (Lipinski definition) is 2. The molecule has 0 aromatic heterocycles. The summed E-state index contributed by atoms with van der Waals surface area (Å²) in [5.41, 5.74) is 0.656. The Morgan fingerprint density at radius 1 is 0.862 bits per heavy atom. The molecule has 154 valence electrons. The summed E-state index contributed by atoms with van der Waals surface area (Å²) >= 11 is 0. The Kier molecular flexibility index (Phi) is 14.0. The van der Waals surface area contributed by atoms with Gasteiger partial charge in [0.15, 0.2) is 5.96 Å². The molecular formula is C25H32FN3. The van der Waals surface area contributed by atoms with Crippen LogP contribution < -0.4 is 10.6 Å². The molecule has 1 aliphatic carbocycles. The zero-order valence-electron chi connectivity index (χ0n) is 17.4. The molecule has 2 aliphatic rings. The summed E-state index contributed by atoms with van der Waals surface area (Å²) in [7, 11) is 0. The third-order valence-electron chi connectivity index (χ3n) is 3.62. The van der Waals surface area contributed by atoms with E-state index >= 15 is 0 Å². The highest BCUT2D eigenvalue weighted by molar-refractivity contribution is 5.81. The molecule has 2 aromatic carbocycles. The first-order chi connectivity index (χ1) is 14.4. The maximum atomic E-state index is 13.2. The Morgan fingerprint density at radius 2 is 1.45 bits per heavy atom. The van der Waals surface area contributed by atoms with Crippen LogP contribution in [0.1, 0.15) is 25.8 Å². The van der Waals surface area contributed by atoms with Crippen LogP contribution in [0, 0.1) is 5.82 Å². The van der Waals surface area contributed by atoms with Crippen LogP contribution in [-0.4, -0.2) is 19.0 Å². The fourth-order valence-electron chi connectivity index (χ4n) is 2.24. The fourth-order valence-corrected chi connectivity index (χ4v) is 2.24. The van der Waals surface area contributed by atoms with Crippen molar-refractivity contribution in [2.45, 2.75) is 26.8 Å². The Bertz CT molecular complexity index is 724. The molecule has 3 nitrogen and oxygen atoms in total. The summed E-state index contributed by atoms with van der Waals surface area (Å²) in [6, 6.07) is 18.7. The average Bonchev–Trinajstić information content (AvgIpc) is 3.14. The minimum atomic E-state index is -0.182. The quantitative estimate of drug-likeness (QED) is 0.692. The molecular weight excluding hydrogens is 361 g/mol. The van der Waals surface area contributed by atoms with Crippen LogP contribution >= 0.6 is 0 Å². The van der Waals surface area contributed by atoms with Crippen molar-refractivity contribution < 1.29 is 4.39 Å². The van der Waals surface area contributed by atoms with E-state index in [-0.39, 0.29) is 5.82 Å². The number of hydrogen-bond acceptors (Lipinski definition) is 3. The van der Waals surface area contributed by atoms with Crippen molar-refractivity contribution in [2.24, 2.45) is 4.99 Å². The first-order valence-corrected chi connectivity index (χ1v) is 10.1. The molecule has 0 radical (unpaired) electrons. The molecule has 1 heterocycles. The van der Waals surface area contributed by atoms with Crippen molar-refractivity contribution in [3.05, 3.63) is 109 Å². The number of aliphatic imine (C=N–C) groups is 1. The highest BCUT2D eigenvalue weighted by Gasteiger charge is 2.05. The minimum absolute atomic E-state index is 0.182. The van der Waals surface area contributed by atoms with Crippen molar-refractivity contribution in [1.82, 2.24) is 10.6 Å². The van der Waals surface area contributed by atoms with Gasteiger partial charge in [0.25, 0.3) is 0 Å². The standard InChI is InChI=1S/C10H12FN3.C7H8.C6H6.C2H6/c11-9-4-2-1-3-8(9)7-14-10-12-5-6-13-10;1-2-4-6-7-5-3-1;1-2-4-6-5-3-1;1-2/h1-4H,5-7H2,(H2,12,13,14);1-6H,7H2;1-6H;1-2H3. The lowest BCUT2D eigenvalue weighted by Crippen LogP contribution is -2.33. The van der Waals surface area contributed by atoms with E-state index < -0.39 is 0 Å². The van der Waals surface area contributed by atoms with Gasteiger partial charge in [0, 0.05) is 18.7 Å². The van der Waals surface area contributed by atoms with Crippen LogP contribution in [-0.2, 0) is 6.54 Å². The van der Waals surface area contributed by atoms with E-state index in [4.69, 9.17) is 0 Å². The lowest BCUT2D eigenvalue weighted by atomic mass is 10.2. The van der Waals surface area contributed by atoms with Gasteiger partial charge >= 0.3 is 0 Å². The summed E-state index contributed by atoms with van der Waals surface area (Å²) in [6.07, 6.45) is 13.5. The van der Waals surface area contributed by atoms with E-state index in [1.807, 2.05) is 68.5 Å². The molecule has 4 rings (SSSR count). The Morgan fingerprint density at radius 3 is 1.97 bits per heavy atom. The molecule has 2 aromatic rings. The number of allylic oxidation sites excluding steroid dienone is 6. The number of benzene rings is 2. The zero-order valence-corrected chi connectivity index (χ0v) is 17.4. The molecule has 0 amide bonds. The normalized spacial score (nSPS) is 13.1. The number of guanidine groups is 1. The predicted octanol–water partition coefficient (Wildman–Crippen LogP) is 5.65. The van der Waals surface area contributed by atoms with Crippen LogP contribution in [0.15, 0.2) is 102 Å². The van der Waals surface area contributed by atoms with Crippen molar-refractivity contribution in [2.75, 3.05) is 13.1 Å². The van der Waals surface area contributed by atoms with Gasteiger partial charge in [-0.15, -0.1) is 0 Å². The monoisotopic (exact) mass is 393 g/mol. The lowest BCUT2D eigenvalue weighted by molar-refractivity contribution is 0.605. The topological polar surface area (TPSA) is 36.4 Å². The number of rotatable bonds is 2. The second-order valence-corrected chi connectivity index (χ2v) is 5.73. The number of nitrogens with zero attached hydrogens (tertiary/aromatic N) is 1. The van der Waals surface area contributed by atoms with Crippen LogP contribution in [0.25, 0.3) is 0 Å². The first kappa shape index (κ1) is 23.9. The molecule has 29 heavy (non-hydrogen) atoms. The molecule has 0 atom stereocenters. The molecule has 2 N–H and O–H groups in total. The molecule has 0 fully saturated rings. The van der Waals surface area contributed by atoms with E-state index in [2.05, 4.69) is 39.9 Å². The van der Waals surface area contributed by atoms with Gasteiger partial charge in [0.2, 0.25) is 0 Å². The van der Waals surface area contributed by atoms with E-state index in [0.29, 0.717) is 12.1 Å². The molecule has 1 aliphatic heterocycles. The van der Waals surface area contributed by atoms with Crippen molar-refractivity contribution >= 4 is 5.96 Å². The average molecular weight is 394 g/mol. The number of halogens is 1. The fraction of sp³-hybridized carbons (Fsp3) is 0.240. The first-order valence-electron chi connectivity index (χ1n) is 10.1. The maximum Gasteiger partial charge on any atom is 0.191 e. The summed E-state index contributed by atoms with van der Waals surface area (Å²) in [6.45, 7) is 6.12. The van der Waals surface area contributed by atoms with Crippen LogP contribution in [0.5, 0.6) is 0 Å². The highest BCUT2D eigenvalue weighted by Crippen LogP contribution is 2.05. The molecule has 0 saturated carbocycles. The van der Waals surface area contributed by atoms with Crippen LogP contribution in [0.2, 0.25) is 0 Å². The number of nitrogens with one attached hydrogen (secondary N) is 2. The predicted molar refractivity (Wildman–Crippen MR) is 123 cm³/mol. The third-order valence-corrected chi connectivity index (χ3v) is 3.62. The van der Waals surface area contributed by atoms with Crippen LogP contribution in [0.3, 0.4) is 0 Å². The van der Waals surface area contributed by atoms with Gasteiger partial charge in [0.05, 0.1) is 6.54 Å². The summed E-state index contributed by atoms with van der Waals surface area (Å²) in [4.78, 5) is 4.15. The maximum absolute atomic E-state index is 13.2. The van der Waals surface area contributed by atoms with Gasteiger partial charge in [0.1, 0.15) is 5.82 Å². The van der Waals surface area contributed by atoms with E-state index in [0.717, 1.165) is 25.5 Å².